The van der Waals surface area contributed by atoms with Crippen molar-refractivity contribution in [2.45, 2.75) is 6.92 Å². The largest absolute Gasteiger partial charge is 0.494 e. The number of hydrogen-bond donors (Lipinski definition) is 1. The van der Waals surface area contributed by atoms with E-state index in [4.69, 9.17) is 4.74 Å². The number of rotatable bonds is 8. The second-order valence-corrected chi connectivity index (χ2v) is 8.18. The maximum Gasteiger partial charge on any atom is 0.278 e. The number of ether oxygens (including phenoxy) is 1. The van der Waals surface area contributed by atoms with Gasteiger partial charge in [0.25, 0.3) is 11.8 Å². The Hall–Kier alpha value is -3.58. The zero-order valence-corrected chi connectivity index (χ0v) is 19.2. The molecule has 1 saturated heterocycles. The third kappa shape index (κ3) is 4.78. The fourth-order valence-corrected chi connectivity index (χ4v) is 4.10. The molecule has 2 amide bonds. The van der Waals surface area contributed by atoms with Gasteiger partial charge in [-0.05, 0) is 55.9 Å². The molecule has 33 heavy (non-hydrogen) atoms. The van der Waals surface area contributed by atoms with E-state index in [1.54, 1.807) is 18.2 Å². The Kier molecular flexibility index (Phi) is 6.79. The number of hydrogen-bond acceptors (Lipinski definition) is 6. The second-order valence-electron chi connectivity index (χ2n) is 8.18. The van der Waals surface area contributed by atoms with Gasteiger partial charge >= 0.3 is 0 Å². The number of imide groups is 1. The number of anilines is 2. The molecule has 1 fully saturated rings. The average molecular weight is 447 g/mol. The third-order valence-corrected chi connectivity index (χ3v) is 5.94. The molecule has 172 valence electrons. The number of benzene rings is 2. The van der Waals surface area contributed by atoms with Crippen LogP contribution in [0.5, 0.6) is 5.75 Å². The molecule has 0 aromatic heterocycles. The first kappa shape index (κ1) is 22.6. The molecule has 0 radical (unpaired) electrons. The van der Waals surface area contributed by atoms with E-state index in [0.717, 1.165) is 43.3 Å². The molecule has 2 aromatic carbocycles. The van der Waals surface area contributed by atoms with Crippen LogP contribution in [0.2, 0.25) is 0 Å². The molecule has 0 unspecified atom stereocenters. The SMILES string of the molecule is C=CCN1C(=O)C(Nc2ccc(N3CCN(C)CC3)cc2)=C(c2ccc(OCC)cc2)C1=O. The molecular formula is C26H30N4O3. The molecule has 0 aliphatic carbocycles. The van der Waals surface area contributed by atoms with Crippen LogP contribution in [-0.2, 0) is 9.59 Å². The normalized spacial score (nSPS) is 17.0. The smallest absolute Gasteiger partial charge is 0.278 e. The molecular weight excluding hydrogens is 416 g/mol. The molecule has 0 saturated carbocycles. The summed E-state index contributed by atoms with van der Waals surface area (Å²) < 4.78 is 5.51. The first-order valence-corrected chi connectivity index (χ1v) is 11.3. The van der Waals surface area contributed by atoms with Crippen molar-refractivity contribution in [3.63, 3.8) is 0 Å². The van der Waals surface area contributed by atoms with Crippen molar-refractivity contribution < 1.29 is 14.3 Å². The Labute approximate surface area is 194 Å². The number of likely N-dealkylation sites (N-methyl/N-ethyl adjacent to an activating group) is 1. The van der Waals surface area contributed by atoms with Crippen LogP contribution in [0.25, 0.3) is 5.57 Å². The zero-order chi connectivity index (χ0) is 23.4. The number of nitrogens with zero attached hydrogens (tertiary/aromatic N) is 3. The molecule has 2 aromatic rings. The van der Waals surface area contributed by atoms with E-state index in [1.807, 2.05) is 43.3 Å². The monoisotopic (exact) mass is 446 g/mol. The zero-order valence-electron chi connectivity index (χ0n) is 19.2. The van der Waals surface area contributed by atoms with Gasteiger partial charge in [-0.1, -0.05) is 18.2 Å². The fourth-order valence-electron chi connectivity index (χ4n) is 4.10. The molecule has 7 nitrogen and oxygen atoms in total. The van der Waals surface area contributed by atoms with E-state index in [1.165, 1.54) is 4.90 Å². The van der Waals surface area contributed by atoms with Crippen molar-refractivity contribution in [2.75, 3.05) is 56.6 Å². The Morgan fingerprint density at radius 2 is 1.64 bits per heavy atom. The summed E-state index contributed by atoms with van der Waals surface area (Å²) in [5.41, 5.74) is 3.20. The maximum absolute atomic E-state index is 13.1. The van der Waals surface area contributed by atoms with Crippen molar-refractivity contribution in [1.29, 1.82) is 0 Å². The first-order valence-electron chi connectivity index (χ1n) is 11.3. The summed E-state index contributed by atoms with van der Waals surface area (Å²) in [5.74, 6) is 0.0307. The standard InChI is InChI=1S/C26H30N4O3/c1-4-14-30-25(31)23(19-6-12-22(13-7-19)33-5-2)24(26(30)32)27-20-8-10-21(11-9-20)29-17-15-28(3)16-18-29/h4,6-13,27H,1,5,14-18H2,2-3H3. The predicted octanol–water partition coefficient (Wildman–Crippen LogP) is 3.22. The Morgan fingerprint density at radius 3 is 2.24 bits per heavy atom. The van der Waals surface area contributed by atoms with E-state index >= 15 is 0 Å². The molecule has 2 aliphatic heterocycles. The van der Waals surface area contributed by atoms with Gasteiger partial charge in [0.05, 0.1) is 12.2 Å². The number of carbonyl (C=O) groups is 2. The molecule has 2 aliphatic rings. The molecule has 4 rings (SSSR count). The van der Waals surface area contributed by atoms with Gasteiger partial charge in [0.1, 0.15) is 11.4 Å². The maximum atomic E-state index is 13.1. The van der Waals surface area contributed by atoms with Gasteiger partial charge in [-0.15, -0.1) is 6.58 Å². The Morgan fingerprint density at radius 1 is 0.970 bits per heavy atom. The number of amides is 2. The number of carbonyl (C=O) groups excluding carboxylic acids is 2. The van der Waals surface area contributed by atoms with Gasteiger partial charge in [-0.3, -0.25) is 14.5 Å². The van der Waals surface area contributed by atoms with E-state index in [0.29, 0.717) is 17.7 Å². The van der Waals surface area contributed by atoms with Crippen LogP contribution in [0.3, 0.4) is 0 Å². The fraction of sp³-hybridized carbons (Fsp3) is 0.308. The van der Waals surface area contributed by atoms with Crippen molar-refractivity contribution in [2.24, 2.45) is 0 Å². The van der Waals surface area contributed by atoms with Gasteiger partial charge < -0.3 is 19.9 Å². The van der Waals surface area contributed by atoms with Crippen LogP contribution in [0.4, 0.5) is 11.4 Å². The summed E-state index contributed by atoms with van der Waals surface area (Å²) in [6, 6.07) is 15.2. The van der Waals surface area contributed by atoms with Crippen molar-refractivity contribution in [3.05, 3.63) is 72.4 Å². The van der Waals surface area contributed by atoms with Gasteiger partial charge in [-0.2, -0.15) is 0 Å². The van der Waals surface area contributed by atoms with E-state index in [2.05, 4.69) is 28.7 Å². The summed E-state index contributed by atoms with van der Waals surface area (Å²) in [6.07, 6.45) is 1.55. The van der Waals surface area contributed by atoms with Crippen LogP contribution in [0, 0.1) is 0 Å². The van der Waals surface area contributed by atoms with E-state index < -0.39 is 0 Å². The van der Waals surface area contributed by atoms with Crippen LogP contribution < -0.4 is 15.0 Å². The van der Waals surface area contributed by atoms with Gasteiger partial charge in [-0.25, -0.2) is 0 Å². The van der Waals surface area contributed by atoms with Crippen LogP contribution in [0.15, 0.2) is 66.9 Å². The Balaban J connectivity index is 1.61. The van der Waals surface area contributed by atoms with Crippen LogP contribution in [-0.4, -0.2) is 68.0 Å². The molecule has 7 heteroatoms. The van der Waals surface area contributed by atoms with Gasteiger partial charge in [0.2, 0.25) is 0 Å². The molecule has 0 bridgehead atoms. The lowest BCUT2D eigenvalue weighted by Gasteiger charge is -2.34. The summed E-state index contributed by atoms with van der Waals surface area (Å²) in [6.45, 7) is 10.4. The minimum Gasteiger partial charge on any atom is -0.494 e. The minimum absolute atomic E-state index is 0.158. The van der Waals surface area contributed by atoms with Crippen molar-refractivity contribution in [3.8, 4) is 5.75 Å². The van der Waals surface area contributed by atoms with Crippen molar-refractivity contribution >= 4 is 28.8 Å². The lowest BCUT2D eigenvalue weighted by atomic mass is 10.0. The first-order chi connectivity index (χ1) is 16.0. The van der Waals surface area contributed by atoms with Crippen LogP contribution >= 0.6 is 0 Å². The highest BCUT2D eigenvalue weighted by Crippen LogP contribution is 2.32. The number of nitrogens with one attached hydrogen (secondary N) is 1. The quantitative estimate of drug-likeness (QED) is 0.496. The number of piperazine rings is 1. The molecule has 1 N–H and O–H groups in total. The van der Waals surface area contributed by atoms with E-state index in [9.17, 15) is 9.59 Å². The second kappa shape index (κ2) is 9.92. The molecule has 0 atom stereocenters. The summed E-state index contributed by atoms with van der Waals surface area (Å²) in [5, 5.41) is 3.21. The third-order valence-electron chi connectivity index (χ3n) is 5.94. The highest BCUT2D eigenvalue weighted by molar-refractivity contribution is 6.36. The summed E-state index contributed by atoms with van der Waals surface area (Å²) in [4.78, 5) is 32.1. The molecule has 0 spiro atoms. The van der Waals surface area contributed by atoms with Gasteiger partial charge in [0.15, 0.2) is 0 Å². The van der Waals surface area contributed by atoms with E-state index in [-0.39, 0.29) is 24.1 Å². The predicted molar refractivity (Wildman–Crippen MR) is 131 cm³/mol. The molecule has 2 heterocycles. The van der Waals surface area contributed by atoms with Crippen molar-refractivity contribution in [1.82, 2.24) is 9.80 Å². The topological polar surface area (TPSA) is 65.1 Å². The van der Waals surface area contributed by atoms with Gasteiger partial charge in [0, 0.05) is 44.1 Å². The summed E-state index contributed by atoms with van der Waals surface area (Å²) in [7, 11) is 2.13. The van der Waals surface area contributed by atoms with Crippen LogP contribution in [0.1, 0.15) is 12.5 Å². The highest BCUT2D eigenvalue weighted by atomic mass is 16.5. The minimum atomic E-state index is -0.355. The lowest BCUT2D eigenvalue weighted by Crippen LogP contribution is -2.44. The summed E-state index contributed by atoms with van der Waals surface area (Å²) >= 11 is 0. The highest BCUT2D eigenvalue weighted by Gasteiger charge is 2.38. The Bertz CT molecular complexity index is 1050. The average Bonchev–Trinajstić information content (AvgIpc) is 3.05. The lowest BCUT2D eigenvalue weighted by molar-refractivity contribution is -0.136.